The van der Waals surface area contributed by atoms with Gasteiger partial charge in [-0.15, -0.1) is 0 Å². The van der Waals surface area contributed by atoms with Crippen LogP contribution in [0, 0.1) is 0 Å². The highest BCUT2D eigenvalue weighted by Crippen LogP contribution is 2.25. The van der Waals surface area contributed by atoms with Gasteiger partial charge in [-0.05, 0) is 27.7 Å². The van der Waals surface area contributed by atoms with Crippen molar-refractivity contribution in [3.8, 4) is 6.01 Å². The predicted octanol–water partition coefficient (Wildman–Crippen LogP) is 1.32. The Morgan fingerprint density at radius 2 is 2.05 bits per heavy atom. The fourth-order valence-corrected chi connectivity index (χ4v) is 2.07. The minimum absolute atomic E-state index is 0.0210. The van der Waals surface area contributed by atoms with Crippen molar-refractivity contribution in [2.24, 2.45) is 0 Å². The Labute approximate surface area is 119 Å². The number of rotatable bonds is 4. The van der Waals surface area contributed by atoms with E-state index >= 15 is 0 Å². The Kier molecular flexibility index (Phi) is 4.27. The van der Waals surface area contributed by atoms with Crippen molar-refractivity contribution < 1.29 is 9.47 Å². The van der Waals surface area contributed by atoms with Gasteiger partial charge in [0.05, 0.1) is 24.9 Å². The van der Waals surface area contributed by atoms with Gasteiger partial charge in [-0.25, -0.2) is 0 Å². The normalized spacial score (nSPS) is 18.2. The van der Waals surface area contributed by atoms with Crippen molar-refractivity contribution in [1.82, 2.24) is 15.0 Å². The first-order valence-corrected chi connectivity index (χ1v) is 6.88. The number of hydrogen-bond donors (Lipinski definition) is 1. The second kappa shape index (κ2) is 5.78. The predicted molar refractivity (Wildman–Crippen MR) is 77.4 cm³/mol. The molecule has 1 N–H and O–H groups in total. The van der Waals surface area contributed by atoms with Crippen LogP contribution in [0.15, 0.2) is 0 Å². The molecule has 1 aromatic heterocycles. The molecular formula is C13H23N5O2. The molecular weight excluding hydrogens is 258 g/mol. The van der Waals surface area contributed by atoms with E-state index in [1.807, 2.05) is 13.8 Å². The van der Waals surface area contributed by atoms with Crippen LogP contribution in [-0.2, 0) is 4.74 Å². The van der Waals surface area contributed by atoms with Crippen molar-refractivity contribution in [2.45, 2.75) is 39.3 Å². The Balaban J connectivity index is 2.34. The average molecular weight is 281 g/mol. The summed E-state index contributed by atoms with van der Waals surface area (Å²) in [4.78, 5) is 15.2. The van der Waals surface area contributed by atoms with Gasteiger partial charge in [-0.2, -0.15) is 15.0 Å². The highest BCUT2D eigenvalue weighted by Gasteiger charge is 2.33. The lowest BCUT2D eigenvalue weighted by molar-refractivity contribution is 0.0632. The second-order valence-corrected chi connectivity index (χ2v) is 5.67. The summed E-state index contributed by atoms with van der Waals surface area (Å²) in [6.45, 7) is 10.2. The number of anilines is 2. The summed E-state index contributed by atoms with van der Waals surface area (Å²) in [6.07, 6.45) is 0.0210. The van der Waals surface area contributed by atoms with Crippen LogP contribution in [0.3, 0.4) is 0 Å². The van der Waals surface area contributed by atoms with Crippen LogP contribution in [0.2, 0.25) is 0 Å². The third kappa shape index (κ3) is 3.27. The van der Waals surface area contributed by atoms with Gasteiger partial charge in [0.15, 0.2) is 0 Å². The third-order valence-electron chi connectivity index (χ3n) is 3.05. The van der Waals surface area contributed by atoms with Crippen LogP contribution >= 0.6 is 0 Å². The molecule has 0 aliphatic carbocycles. The Morgan fingerprint density at radius 3 is 2.65 bits per heavy atom. The lowest BCUT2D eigenvalue weighted by Gasteiger charge is -2.42. The van der Waals surface area contributed by atoms with Gasteiger partial charge < -0.3 is 19.7 Å². The molecule has 112 valence electrons. The molecule has 1 aliphatic heterocycles. The monoisotopic (exact) mass is 281 g/mol. The zero-order chi connectivity index (χ0) is 14.8. The minimum Gasteiger partial charge on any atom is -0.461 e. The fraction of sp³-hybridized carbons (Fsp3) is 0.769. The standard InChI is InChI=1S/C13H23N5O2/c1-9(2)20-12-16-10(14-5)15-11(17-12)18-6-7-19-8-13(18,3)4/h9H,6-8H2,1-5H3,(H,14,15,16,17). The molecule has 0 spiro atoms. The van der Waals surface area contributed by atoms with E-state index in [0.717, 1.165) is 6.54 Å². The first kappa shape index (κ1) is 14.8. The van der Waals surface area contributed by atoms with Gasteiger partial charge in [0.2, 0.25) is 11.9 Å². The molecule has 1 saturated heterocycles. The first-order valence-electron chi connectivity index (χ1n) is 6.88. The highest BCUT2D eigenvalue weighted by molar-refractivity contribution is 5.41. The first-order chi connectivity index (χ1) is 9.42. The maximum atomic E-state index is 5.60. The van der Waals surface area contributed by atoms with Gasteiger partial charge in [-0.3, -0.25) is 0 Å². The summed E-state index contributed by atoms with van der Waals surface area (Å²) in [5.74, 6) is 1.13. The summed E-state index contributed by atoms with van der Waals surface area (Å²) in [6, 6.07) is 0.344. The molecule has 7 nitrogen and oxygen atoms in total. The topological polar surface area (TPSA) is 72.4 Å². The molecule has 0 radical (unpaired) electrons. The molecule has 1 aliphatic rings. The Bertz CT molecular complexity index is 464. The molecule has 0 amide bonds. The van der Waals surface area contributed by atoms with Crippen molar-refractivity contribution in [3.05, 3.63) is 0 Å². The summed E-state index contributed by atoms with van der Waals surface area (Å²) in [5.41, 5.74) is -0.153. The van der Waals surface area contributed by atoms with Gasteiger partial charge in [0.1, 0.15) is 0 Å². The average Bonchev–Trinajstić information content (AvgIpc) is 2.36. The molecule has 0 atom stereocenters. The molecule has 2 rings (SSSR count). The van der Waals surface area contributed by atoms with Gasteiger partial charge in [-0.1, -0.05) is 0 Å². The Hall–Kier alpha value is -1.63. The van der Waals surface area contributed by atoms with Crippen LogP contribution in [0.4, 0.5) is 11.9 Å². The minimum atomic E-state index is -0.153. The van der Waals surface area contributed by atoms with E-state index in [4.69, 9.17) is 9.47 Å². The van der Waals surface area contributed by atoms with E-state index in [1.165, 1.54) is 0 Å². The SMILES string of the molecule is CNc1nc(OC(C)C)nc(N2CCOCC2(C)C)n1. The molecule has 0 aromatic carbocycles. The quantitative estimate of drug-likeness (QED) is 0.892. The van der Waals surface area contributed by atoms with Crippen molar-refractivity contribution in [2.75, 3.05) is 37.0 Å². The van der Waals surface area contributed by atoms with E-state index in [9.17, 15) is 0 Å². The summed E-state index contributed by atoms with van der Waals surface area (Å²) >= 11 is 0. The number of ether oxygens (including phenoxy) is 2. The lowest BCUT2D eigenvalue weighted by atomic mass is 10.0. The van der Waals surface area contributed by atoms with E-state index in [2.05, 4.69) is 39.0 Å². The maximum absolute atomic E-state index is 5.60. The van der Waals surface area contributed by atoms with Crippen LogP contribution in [0.5, 0.6) is 6.01 Å². The molecule has 20 heavy (non-hydrogen) atoms. The van der Waals surface area contributed by atoms with Gasteiger partial charge in [0.25, 0.3) is 0 Å². The number of hydrogen-bond acceptors (Lipinski definition) is 7. The van der Waals surface area contributed by atoms with Gasteiger partial charge in [0, 0.05) is 13.6 Å². The van der Waals surface area contributed by atoms with E-state index < -0.39 is 0 Å². The van der Waals surface area contributed by atoms with E-state index in [0.29, 0.717) is 31.1 Å². The number of morpholine rings is 1. The molecule has 0 saturated carbocycles. The third-order valence-corrected chi connectivity index (χ3v) is 3.05. The van der Waals surface area contributed by atoms with Crippen LogP contribution in [-0.4, -0.2) is 53.4 Å². The molecule has 1 aromatic rings. The zero-order valence-corrected chi connectivity index (χ0v) is 12.8. The molecule has 2 heterocycles. The molecule has 0 bridgehead atoms. The fourth-order valence-electron chi connectivity index (χ4n) is 2.07. The lowest BCUT2D eigenvalue weighted by Crippen LogP contribution is -2.54. The molecule has 7 heteroatoms. The summed E-state index contributed by atoms with van der Waals surface area (Å²) in [5, 5.41) is 2.95. The molecule has 0 unspecified atom stereocenters. The van der Waals surface area contributed by atoms with Crippen LogP contribution in [0.1, 0.15) is 27.7 Å². The van der Waals surface area contributed by atoms with Crippen LogP contribution in [0.25, 0.3) is 0 Å². The maximum Gasteiger partial charge on any atom is 0.323 e. The zero-order valence-electron chi connectivity index (χ0n) is 12.8. The second-order valence-electron chi connectivity index (χ2n) is 5.67. The van der Waals surface area contributed by atoms with Crippen molar-refractivity contribution in [1.29, 1.82) is 0 Å². The number of nitrogens with one attached hydrogen (secondary N) is 1. The summed E-state index contributed by atoms with van der Waals surface area (Å²) in [7, 11) is 1.78. The van der Waals surface area contributed by atoms with Crippen molar-refractivity contribution >= 4 is 11.9 Å². The van der Waals surface area contributed by atoms with Gasteiger partial charge >= 0.3 is 6.01 Å². The smallest absolute Gasteiger partial charge is 0.323 e. The number of nitrogens with zero attached hydrogens (tertiary/aromatic N) is 4. The summed E-state index contributed by atoms with van der Waals surface area (Å²) < 4.78 is 11.1. The molecule has 1 fully saturated rings. The Morgan fingerprint density at radius 1 is 1.30 bits per heavy atom. The van der Waals surface area contributed by atoms with E-state index in [1.54, 1.807) is 7.05 Å². The van der Waals surface area contributed by atoms with Crippen LogP contribution < -0.4 is 15.0 Å². The van der Waals surface area contributed by atoms with Crippen molar-refractivity contribution in [3.63, 3.8) is 0 Å². The highest BCUT2D eigenvalue weighted by atomic mass is 16.5. The number of aromatic nitrogens is 3. The largest absolute Gasteiger partial charge is 0.461 e. The van der Waals surface area contributed by atoms with E-state index in [-0.39, 0.29) is 11.6 Å².